The minimum atomic E-state index is -0.127. The van der Waals surface area contributed by atoms with Crippen LogP contribution in [-0.2, 0) is 0 Å². The number of anilines is 2. The third-order valence-electron chi connectivity index (χ3n) is 3.28. The van der Waals surface area contributed by atoms with E-state index in [9.17, 15) is 4.79 Å². The number of nitrogens with one attached hydrogen (secondary N) is 1. The molecule has 1 fully saturated rings. The summed E-state index contributed by atoms with van der Waals surface area (Å²) >= 11 is 0. The Hall–Kier alpha value is -2.43. The number of benzene rings is 1. The van der Waals surface area contributed by atoms with Gasteiger partial charge in [0.1, 0.15) is 17.8 Å². The number of amides is 1. The number of hydrogen-bond acceptors (Lipinski definition) is 4. The van der Waals surface area contributed by atoms with Gasteiger partial charge in [0.15, 0.2) is 0 Å². The second kappa shape index (κ2) is 5.28. The van der Waals surface area contributed by atoms with E-state index in [-0.39, 0.29) is 5.91 Å². The monoisotopic (exact) mass is 268 g/mol. The van der Waals surface area contributed by atoms with Crippen molar-refractivity contribution in [3.8, 4) is 0 Å². The summed E-state index contributed by atoms with van der Waals surface area (Å²) in [6.07, 6.45) is 3.55. The van der Waals surface area contributed by atoms with E-state index in [0.717, 1.165) is 18.5 Å². The number of rotatable bonds is 4. The van der Waals surface area contributed by atoms with Crippen LogP contribution in [0.2, 0.25) is 0 Å². The summed E-state index contributed by atoms with van der Waals surface area (Å²) in [6.45, 7) is 0. The number of nitrogens with zero attached hydrogens (tertiary/aromatic N) is 3. The van der Waals surface area contributed by atoms with Crippen LogP contribution in [0.15, 0.2) is 42.7 Å². The lowest BCUT2D eigenvalue weighted by Crippen LogP contribution is -2.26. The Balaban J connectivity index is 1.81. The molecule has 1 heterocycles. The topological polar surface area (TPSA) is 58.1 Å². The molecule has 0 unspecified atom stereocenters. The van der Waals surface area contributed by atoms with Gasteiger partial charge in [-0.25, -0.2) is 9.97 Å². The molecule has 0 bridgehead atoms. The molecule has 1 N–H and O–H groups in total. The standard InChI is InChI=1S/C15H16N4O/c1-19(12-5-3-2-4-6-12)14-9-13(16-10-17-14)15(20)18-11-7-8-11/h2-6,9-11H,7-8H2,1H3,(H,18,20). The van der Waals surface area contributed by atoms with Crippen LogP contribution in [0.25, 0.3) is 0 Å². The van der Waals surface area contributed by atoms with Gasteiger partial charge in [-0.2, -0.15) is 0 Å². The SMILES string of the molecule is CN(c1ccccc1)c1cc(C(=O)NC2CC2)ncn1. The minimum Gasteiger partial charge on any atom is -0.348 e. The van der Waals surface area contributed by atoms with Gasteiger partial charge in [-0.1, -0.05) is 18.2 Å². The van der Waals surface area contributed by atoms with Crippen LogP contribution >= 0.6 is 0 Å². The quantitative estimate of drug-likeness (QED) is 0.923. The van der Waals surface area contributed by atoms with Gasteiger partial charge in [0, 0.05) is 24.8 Å². The summed E-state index contributed by atoms with van der Waals surface area (Å²) in [4.78, 5) is 22.2. The molecule has 0 saturated heterocycles. The molecule has 0 atom stereocenters. The molecule has 1 saturated carbocycles. The van der Waals surface area contributed by atoms with E-state index in [1.807, 2.05) is 42.3 Å². The van der Waals surface area contributed by atoms with E-state index in [1.165, 1.54) is 6.33 Å². The van der Waals surface area contributed by atoms with Crippen molar-refractivity contribution in [2.45, 2.75) is 18.9 Å². The van der Waals surface area contributed by atoms with Crippen LogP contribution in [0.5, 0.6) is 0 Å². The van der Waals surface area contributed by atoms with Crippen molar-refractivity contribution in [2.75, 3.05) is 11.9 Å². The van der Waals surface area contributed by atoms with Crippen molar-refractivity contribution in [1.82, 2.24) is 15.3 Å². The first kappa shape index (κ1) is 12.6. The number of para-hydroxylation sites is 1. The average Bonchev–Trinajstić information content (AvgIpc) is 3.31. The smallest absolute Gasteiger partial charge is 0.270 e. The maximum Gasteiger partial charge on any atom is 0.270 e. The first-order valence-corrected chi connectivity index (χ1v) is 6.66. The molecule has 0 radical (unpaired) electrons. The zero-order valence-corrected chi connectivity index (χ0v) is 11.3. The van der Waals surface area contributed by atoms with Gasteiger partial charge < -0.3 is 10.2 Å². The fourth-order valence-corrected chi connectivity index (χ4v) is 1.93. The van der Waals surface area contributed by atoms with E-state index in [1.54, 1.807) is 6.07 Å². The Bertz CT molecular complexity index is 610. The van der Waals surface area contributed by atoms with Crippen molar-refractivity contribution in [3.05, 3.63) is 48.4 Å². The number of carbonyl (C=O) groups excluding carboxylic acids is 1. The fraction of sp³-hybridized carbons (Fsp3) is 0.267. The number of aromatic nitrogens is 2. The summed E-state index contributed by atoms with van der Waals surface area (Å²) in [6, 6.07) is 11.9. The molecule has 3 rings (SSSR count). The van der Waals surface area contributed by atoms with E-state index in [2.05, 4.69) is 15.3 Å². The zero-order chi connectivity index (χ0) is 13.9. The first-order valence-electron chi connectivity index (χ1n) is 6.66. The van der Waals surface area contributed by atoms with Crippen molar-refractivity contribution in [1.29, 1.82) is 0 Å². The van der Waals surface area contributed by atoms with Crippen LogP contribution in [0.4, 0.5) is 11.5 Å². The molecule has 20 heavy (non-hydrogen) atoms. The van der Waals surface area contributed by atoms with Crippen molar-refractivity contribution in [2.24, 2.45) is 0 Å². The fourth-order valence-electron chi connectivity index (χ4n) is 1.93. The van der Waals surface area contributed by atoms with E-state index in [0.29, 0.717) is 17.6 Å². The summed E-state index contributed by atoms with van der Waals surface area (Å²) < 4.78 is 0. The van der Waals surface area contributed by atoms with Crippen LogP contribution in [0.1, 0.15) is 23.3 Å². The van der Waals surface area contributed by atoms with Crippen molar-refractivity contribution >= 4 is 17.4 Å². The predicted octanol–water partition coefficient (Wildman–Crippen LogP) is 2.14. The lowest BCUT2D eigenvalue weighted by Gasteiger charge is -2.18. The Kier molecular flexibility index (Phi) is 3.33. The average molecular weight is 268 g/mol. The van der Waals surface area contributed by atoms with Gasteiger partial charge in [-0.15, -0.1) is 0 Å². The molecule has 5 nitrogen and oxygen atoms in total. The Morgan fingerprint density at radius 2 is 2.00 bits per heavy atom. The maximum atomic E-state index is 12.0. The van der Waals surface area contributed by atoms with Gasteiger partial charge in [0.2, 0.25) is 0 Å². The molecule has 0 aliphatic heterocycles. The Labute approximate surface area is 117 Å². The molecule has 1 aromatic carbocycles. The van der Waals surface area contributed by atoms with Crippen molar-refractivity contribution in [3.63, 3.8) is 0 Å². The summed E-state index contributed by atoms with van der Waals surface area (Å²) in [5, 5.41) is 2.93. The molecule has 1 aliphatic carbocycles. The molecule has 1 aliphatic rings. The predicted molar refractivity (Wildman–Crippen MR) is 77.0 cm³/mol. The molecule has 102 valence electrons. The van der Waals surface area contributed by atoms with Gasteiger partial charge in [-0.05, 0) is 25.0 Å². The maximum absolute atomic E-state index is 12.0. The van der Waals surface area contributed by atoms with Crippen LogP contribution in [0.3, 0.4) is 0 Å². The Morgan fingerprint density at radius 1 is 1.25 bits per heavy atom. The molecular weight excluding hydrogens is 252 g/mol. The lowest BCUT2D eigenvalue weighted by molar-refractivity contribution is 0.0946. The summed E-state index contributed by atoms with van der Waals surface area (Å²) in [7, 11) is 1.92. The minimum absolute atomic E-state index is 0.127. The third kappa shape index (κ3) is 2.77. The molecule has 0 spiro atoms. The first-order chi connectivity index (χ1) is 9.74. The largest absolute Gasteiger partial charge is 0.348 e. The molecule has 1 amide bonds. The second-order valence-electron chi connectivity index (χ2n) is 4.90. The highest BCUT2D eigenvalue weighted by molar-refractivity contribution is 5.93. The molecule has 5 heteroatoms. The lowest BCUT2D eigenvalue weighted by atomic mass is 10.3. The summed E-state index contributed by atoms with van der Waals surface area (Å²) in [5.41, 5.74) is 1.42. The highest BCUT2D eigenvalue weighted by Crippen LogP contribution is 2.22. The van der Waals surface area contributed by atoms with Gasteiger partial charge in [0.25, 0.3) is 5.91 Å². The number of hydrogen-bond donors (Lipinski definition) is 1. The van der Waals surface area contributed by atoms with Crippen LogP contribution < -0.4 is 10.2 Å². The third-order valence-corrected chi connectivity index (χ3v) is 3.28. The highest BCUT2D eigenvalue weighted by Gasteiger charge is 2.24. The molecular formula is C15H16N4O. The second-order valence-corrected chi connectivity index (χ2v) is 4.90. The van der Waals surface area contributed by atoms with Crippen LogP contribution in [-0.4, -0.2) is 29.0 Å². The van der Waals surface area contributed by atoms with Gasteiger partial charge in [-0.3, -0.25) is 4.79 Å². The summed E-state index contributed by atoms with van der Waals surface area (Å²) in [5.74, 6) is 0.574. The van der Waals surface area contributed by atoms with Crippen LogP contribution in [0, 0.1) is 0 Å². The van der Waals surface area contributed by atoms with Crippen molar-refractivity contribution < 1.29 is 4.79 Å². The molecule has 1 aromatic heterocycles. The Morgan fingerprint density at radius 3 is 2.70 bits per heavy atom. The number of carbonyl (C=O) groups is 1. The van der Waals surface area contributed by atoms with E-state index in [4.69, 9.17) is 0 Å². The van der Waals surface area contributed by atoms with E-state index < -0.39 is 0 Å². The normalized spacial score (nSPS) is 13.8. The van der Waals surface area contributed by atoms with Gasteiger partial charge in [0.05, 0.1) is 0 Å². The molecule has 2 aromatic rings. The van der Waals surface area contributed by atoms with E-state index >= 15 is 0 Å². The zero-order valence-electron chi connectivity index (χ0n) is 11.3. The van der Waals surface area contributed by atoms with Gasteiger partial charge >= 0.3 is 0 Å². The highest BCUT2D eigenvalue weighted by atomic mass is 16.2.